The maximum Gasteiger partial charge on any atom is 0.416 e. The van der Waals surface area contributed by atoms with Gasteiger partial charge in [-0.25, -0.2) is 9.97 Å². The standard InChI is InChI=1S/C12H8ClF3N2/c13-11-17-6-5-10(18-11)7-8-1-3-9(4-2-8)12(14,15)16/h1-6H,7H2. The highest BCUT2D eigenvalue weighted by Gasteiger charge is 2.29. The zero-order valence-corrected chi connectivity index (χ0v) is 9.83. The molecule has 18 heavy (non-hydrogen) atoms. The molecule has 2 aromatic rings. The van der Waals surface area contributed by atoms with Crippen LogP contribution in [0.15, 0.2) is 36.5 Å². The second kappa shape index (κ2) is 4.94. The lowest BCUT2D eigenvalue weighted by Crippen LogP contribution is -2.04. The van der Waals surface area contributed by atoms with Crippen LogP contribution in [-0.2, 0) is 12.6 Å². The van der Waals surface area contributed by atoms with Crippen LogP contribution >= 0.6 is 11.6 Å². The average Bonchev–Trinajstić information content (AvgIpc) is 2.28. The van der Waals surface area contributed by atoms with E-state index in [0.29, 0.717) is 12.1 Å². The highest BCUT2D eigenvalue weighted by Crippen LogP contribution is 2.29. The van der Waals surface area contributed by atoms with E-state index in [9.17, 15) is 13.2 Å². The van der Waals surface area contributed by atoms with Gasteiger partial charge in [0.15, 0.2) is 0 Å². The third-order valence-corrected chi connectivity index (χ3v) is 2.53. The van der Waals surface area contributed by atoms with Crippen molar-refractivity contribution in [3.05, 3.63) is 58.6 Å². The third-order valence-electron chi connectivity index (χ3n) is 2.35. The fraction of sp³-hybridized carbons (Fsp3) is 0.167. The van der Waals surface area contributed by atoms with E-state index in [1.165, 1.54) is 18.3 Å². The minimum atomic E-state index is -4.31. The molecule has 0 aliphatic heterocycles. The normalized spacial score (nSPS) is 11.6. The third kappa shape index (κ3) is 3.20. The summed E-state index contributed by atoms with van der Waals surface area (Å²) in [7, 11) is 0. The molecule has 2 nitrogen and oxygen atoms in total. The van der Waals surface area contributed by atoms with Crippen LogP contribution < -0.4 is 0 Å². The number of hydrogen-bond acceptors (Lipinski definition) is 2. The first kappa shape index (κ1) is 12.8. The molecule has 0 N–H and O–H groups in total. The second-order valence-corrected chi connectivity index (χ2v) is 4.03. The van der Waals surface area contributed by atoms with Gasteiger partial charge in [0.05, 0.1) is 5.56 Å². The highest BCUT2D eigenvalue weighted by molar-refractivity contribution is 6.28. The Morgan fingerprint density at radius 3 is 2.28 bits per heavy atom. The number of alkyl halides is 3. The Hall–Kier alpha value is -1.62. The number of benzene rings is 1. The molecule has 94 valence electrons. The topological polar surface area (TPSA) is 25.8 Å². The van der Waals surface area contributed by atoms with Crippen molar-refractivity contribution in [2.24, 2.45) is 0 Å². The van der Waals surface area contributed by atoms with E-state index in [-0.39, 0.29) is 5.28 Å². The largest absolute Gasteiger partial charge is 0.416 e. The predicted octanol–water partition coefficient (Wildman–Crippen LogP) is 3.74. The van der Waals surface area contributed by atoms with Gasteiger partial charge in [-0.2, -0.15) is 13.2 Å². The van der Waals surface area contributed by atoms with Gasteiger partial charge in [0.25, 0.3) is 0 Å². The SMILES string of the molecule is FC(F)(F)c1ccc(Cc2ccnc(Cl)n2)cc1. The number of nitrogens with zero attached hydrogens (tertiary/aromatic N) is 2. The first-order valence-electron chi connectivity index (χ1n) is 5.09. The molecule has 0 amide bonds. The Balaban J connectivity index is 2.16. The summed E-state index contributed by atoms with van der Waals surface area (Å²) in [6.45, 7) is 0. The van der Waals surface area contributed by atoms with Crippen LogP contribution in [0.3, 0.4) is 0 Å². The van der Waals surface area contributed by atoms with E-state index in [0.717, 1.165) is 17.7 Å². The van der Waals surface area contributed by atoms with Crippen LogP contribution in [0.2, 0.25) is 5.28 Å². The first-order chi connectivity index (χ1) is 8.45. The Bertz CT molecular complexity index is 538. The van der Waals surface area contributed by atoms with Crippen molar-refractivity contribution in [1.82, 2.24) is 9.97 Å². The molecular formula is C12H8ClF3N2. The predicted molar refractivity (Wildman–Crippen MR) is 61.3 cm³/mol. The van der Waals surface area contributed by atoms with E-state index >= 15 is 0 Å². The van der Waals surface area contributed by atoms with Gasteiger partial charge in [-0.3, -0.25) is 0 Å². The summed E-state index contributed by atoms with van der Waals surface area (Å²) in [5.74, 6) is 0. The highest BCUT2D eigenvalue weighted by atomic mass is 35.5. The molecule has 1 heterocycles. The van der Waals surface area contributed by atoms with Crippen molar-refractivity contribution < 1.29 is 13.2 Å². The maximum absolute atomic E-state index is 12.4. The molecule has 0 unspecified atom stereocenters. The van der Waals surface area contributed by atoms with Gasteiger partial charge in [0.1, 0.15) is 0 Å². The van der Waals surface area contributed by atoms with Crippen molar-refractivity contribution in [2.45, 2.75) is 12.6 Å². The molecule has 0 atom stereocenters. The molecule has 6 heteroatoms. The van der Waals surface area contributed by atoms with Gasteiger partial charge in [0, 0.05) is 18.3 Å². The summed E-state index contributed by atoms with van der Waals surface area (Å²) in [4.78, 5) is 7.71. The molecule has 0 spiro atoms. The van der Waals surface area contributed by atoms with Crippen molar-refractivity contribution in [2.75, 3.05) is 0 Å². The summed E-state index contributed by atoms with van der Waals surface area (Å²) in [6.07, 6.45) is -2.38. The molecule has 0 aliphatic carbocycles. The average molecular weight is 273 g/mol. The summed E-state index contributed by atoms with van der Waals surface area (Å²) in [6, 6.07) is 6.64. The van der Waals surface area contributed by atoms with Gasteiger partial charge < -0.3 is 0 Å². The molecule has 0 saturated heterocycles. The molecule has 1 aromatic carbocycles. The van der Waals surface area contributed by atoms with E-state index in [2.05, 4.69) is 9.97 Å². The molecule has 0 radical (unpaired) electrons. The summed E-state index contributed by atoms with van der Waals surface area (Å²) >= 11 is 5.63. The lowest BCUT2D eigenvalue weighted by molar-refractivity contribution is -0.137. The smallest absolute Gasteiger partial charge is 0.227 e. The molecular weight excluding hydrogens is 265 g/mol. The summed E-state index contributed by atoms with van der Waals surface area (Å²) in [5, 5.41) is 0.124. The van der Waals surface area contributed by atoms with Gasteiger partial charge in [-0.1, -0.05) is 12.1 Å². The van der Waals surface area contributed by atoms with Crippen molar-refractivity contribution in [3.63, 3.8) is 0 Å². The first-order valence-corrected chi connectivity index (χ1v) is 5.46. The van der Waals surface area contributed by atoms with Gasteiger partial charge in [0.2, 0.25) is 5.28 Å². The Morgan fingerprint density at radius 1 is 1.06 bits per heavy atom. The van der Waals surface area contributed by atoms with Gasteiger partial charge >= 0.3 is 6.18 Å². The van der Waals surface area contributed by atoms with E-state index in [4.69, 9.17) is 11.6 Å². The van der Waals surface area contributed by atoms with Crippen LogP contribution in [0.4, 0.5) is 13.2 Å². The van der Waals surface area contributed by atoms with E-state index < -0.39 is 11.7 Å². The Labute approximate surface area is 106 Å². The summed E-state index contributed by atoms with van der Waals surface area (Å²) < 4.78 is 37.1. The Kier molecular flexibility index (Phi) is 3.52. The monoisotopic (exact) mass is 272 g/mol. The molecule has 2 rings (SSSR count). The minimum absolute atomic E-state index is 0.124. The van der Waals surface area contributed by atoms with Crippen molar-refractivity contribution in [1.29, 1.82) is 0 Å². The second-order valence-electron chi connectivity index (χ2n) is 3.69. The quantitative estimate of drug-likeness (QED) is 0.778. The van der Waals surface area contributed by atoms with Gasteiger partial charge in [-0.15, -0.1) is 0 Å². The van der Waals surface area contributed by atoms with Crippen LogP contribution in [0.5, 0.6) is 0 Å². The molecule has 0 saturated carbocycles. The number of rotatable bonds is 2. The fourth-order valence-electron chi connectivity index (χ4n) is 1.49. The molecule has 0 fully saturated rings. The molecule has 0 bridgehead atoms. The van der Waals surface area contributed by atoms with Crippen LogP contribution in [0.25, 0.3) is 0 Å². The van der Waals surface area contributed by atoms with Crippen LogP contribution in [0, 0.1) is 0 Å². The van der Waals surface area contributed by atoms with E-state index in [1.54, 1.807) is 6.07 Å². The summed E-state index contributed by atoms with van der Waals surface area (Å²) in [5.41, 5.74) is 0.736. The molecule has 1 aromatic heterocycles. The Morgan fingerprint density at radius 2 is 1.72 bits per heavy atom. The zero-order chi connectivity index (χ0) is 13.2. The number of halogens is 4. The lowest BCUT2D eigenvalue weighted by atomic mass is 10.1. The zero-order valence-electron chi connectivity index (χ0n) is 9.08. The van der Waals surface area contributed by atoms with Crippen LogP contribution in [0.1, 0.15) is 16.8 Å². The lowest BCUT2D eigenvalue weighted by Gasteiger charge is -2.07. The molecule has 0 aliphatic rings. The van der Waals surface area contributed by atoms with Crippen molar-refractivity contribution >= 4 is 11.6 Å². The van der Waals surface area contributed by atoms with Gasteiger partial charge in [-0.05, 0) is 35.4 Å². The maximum atomic E-state index is 12.4. The fourth-order valence-corrected chi connectivity index (χ4v) is 1.65. The number of hydrogen-bond donors (Lipinski definition) is 0. The van der Waals surface area contributed by atoms with Crippen molar-refractivity contribution in [3.8, 4) is 0 Å². The number of aromatic nitrogens is 2. The van der Waals surface area contributed by atoms with E-state index in [1.807, 2.05) is 0 Å². The minimum Gasteiger partial charge on any atom is -0.227 e. The van der Waals surface area contributed by atoms with Crippen LogP contribution in [-0.4, -0.2) is 9.97 Å².